The van der Waals surface area contributed by atoms with Crippen LogP contribution in [0.5, 0.6) is 0 Å². The number of hydrogen-bond donors (Lipinski definition) is 0. The van der Waals surface area contributed by atoms with E-state index in [1.165, 1.54) is 52.8 Å². The Kier molecular flexibility index (Phi) is 6.56. The molecule has 0 radical (unpaired) electrons. The van der Waals surface area contributed by atoms with Crippen molar-refractivity contribution < 1.29 is 27.1 Å². The summed E-state index contributed by atoms with van der Waals surface area (Å²) in [5, 5.41) is 0. The van der Waals surface area contributed by atoms with E-state index in [0.717, 1.165) is 18.9 Å². The number of benzene rings is 2. The molecule has 2 aromatic carbocycles. The summed E-state index contributed by atoms with van der Waals surface area (Å²) in [6, 6.07) is 11.2. The highest BCUT2D eigenvalue weighted by molar-refractivity contribution is 7.89. The Balaban J connectivity index is 1.56. The van der Waals surface area contributed by atoms with E-state index in [0.29, 0.717) is 18.7 Å². The zero-order chi connectivity index (χ0) is 20.9. The molecule has 0 saturated carbocycles. The van der Waals surface area contributed by atoms with Gasteiger partial charge in [-0.25, -0.2) is 17.6 Å². The Hall–Kier alpha value is -2.84. The smallest absolute Gasteiger partial charge is 0.331 e. The van der Waals surface area contributed by atoms with E-state index in [1.807, 2.05) is 0 Å². The molecule has 1 saturated heterocycles. The summed E-state index contributed by atoms with van der Waals surface area (Å²) in [6.45, 7) is 0.523. The van der Waals surface area contributed by atoms with Crippen LogP contribution in [-0.4, -0.2) is 44.2 Å². The first kappa shape index (κ1) is 20.9. The Morgan fingerprint density at radius 3 is 2.41 bits per heavy atom. The molecule has 0 unspecified atom stereocenters. The van der Waals surface area contributed by atoms with Crippen LogP contribution >= 0.6 is 0 Å². The van der Waals surface area contributed by atoms with Crippen LogP contribution in [0.2, 0.25) is 0 Å². The summed E-state index contributed by atoms with van der Waals surface area (Å²) in [5.41, 5.74) is 0.732. The molecular weight excluding hydrogens is 397 g/mol. The lowest BCUT2D eigenvalue weighted by molar-refractivity contribution is -0.136. The molecule has 1 heterocycles. The molecule has 29 heavy (non-hydrogen) atoms. The van der Waals surface area contributed by atoms with Crippen molar-refractivity contribution in [2.75, 3.05) is 19.7 Å². The quantitative estimate of drug-likeness (QED) is 0.393. The third-order valence-electron chi connectivity index (χ3n) is 4.49. The zero-order valence-electron chi connectivity index (χ0n) is 15.6. The van der Waals surface area contributed by atoms with Crippen LogP contribution in [0.3, 0.4) is 0 Å². The first-order chi connectivity index (χ1) is 13.9. The summed E-state index contributed by atoms with van der Waals surface area (Å²) >= 11 is 0. The number of hydrogen-bond acceptors (Lipinski definition) is 5. The molecule has 0 spiro atoms. The Labute approximate surface area is 168 Å². The minimum absolute atomic E-state index is 0.131. The topological polar surface area (TPSA) is 80.8 Å². The maximum absolute atomic E-state index is 13.1. The first-order valence-electron chi connectivity index (χ1n) is 9.10. The van der Waals surface area contributed by atoms with Crippen LogP contribution in [0.4, 0.5) is 4.39 Å². The van der Waals surface area contributed by atoms with Gasteiger partial charge in [0.05, 0.1) is 4.90 Å². The Morgan fingerprint density at radius 2 is 1.76 bits per heavy atom. The average molecular weight is 417 g/mol. The maximum atomic E-state index is 13.1. The predicted molar refractivity (Wildman–Crippen MR) is 105 cm³/mol. The zero-order valence-corrected chi connectivity index (χ0v) is 16.4. The molecule has 6 nitrogen and oxygen atoms in total. The molecule has 0 atom stereocenters. The minimum atomic E-state index is -3.54. The van der Waals surface area contributed by atoms with Crippen molar-refractivity contribution in [1.82, 2.24) is 4.31 Å². The second-order valence-electron chi connectivity index (χ2n) is 6.55. The van der Waals surface area contributed by atoms with Gasteiger partial charge in [-0.2, -0.15) is 4.31 Å². The molecule has 0 amide bonds. The van der Waals surface area contributed by atoms with Crippen molar-refractivity contribution in [3.8, 4) is 0 Å². The van der Waals surface area contributed by atoms with Crippen LogP contribution < -0.4 is 0 Å². The number of ketones is 1. The Bertz CT molecular complexity index is 1030. The lowest BCUT2D eigenvalue weighted by Crippen LogP contribution is -2.27. The standard InChI is InChI=1S/C21H20FNO5S/c22-18-5-3-4-16(14-18)6-11-21(25)28-15-20(24)17-7-9-19(10-8-17)29(26,27)23-12-1-2-13-23/h3-11,14H,1-2,12-13,15H2/b11-6+. The molecule has 0 N–H and O–H groups in total. The summed E-state index contributed by atoms with van der Waals surface area (Å²) in [7, 11) is -3.54. The molecule has 0 aromatic heterocycles. The van der Waals surface area contributed by atoms with E-state index >= 15 is 0 Å². The highest BCUT2D eigenvalue weighted by Gasteiger charge is 2.27. The normalized spacial score (nSPS) is 14.9. The summed E-state index contributed by atoms with van der Waals surface area (Å²) < 4.78 is 44.4. The molecule has 152 valence electrons. The number of rotatable bonds is 7. The maximum Gasteiger partial charge on any atom is 0.331 e. The van der Waals surface area contributed by atoms with Crippen LogP contribution in [-0.2, 0) is 19.6 Å². The predicted octanol–water partition coefficient (Wildman–Crippen LogP) is 3.05. The molecule has 0 aliphatic carbocycles. The number of carbonyl (C=O) groups is 2. The van der Waals surface area contributed by atoms with Gasteiger partial charge in [-0.3, -0.25) is 4.79 Å². The van der Waals surface area contributed by atoms with E-state index in [2.05, 4.69) is 0 Å². The van der Waals surface area contributed by atoms with Crippen LogP contribution in [0, 0.1) is 5.82 Å². The number of carbonyl (C=O) groups excluding carboxylic acids is 2. The second kappa shape index (κ2) is 9.11. The van der Waals surface area contributed by atoms with Gasteiger partial charge in [0.25, 0.3) is 0 Å². The molecule has 0 bridgehead atoms. The highest BCUT2D eigenvalue weighted by atomic mass is 32.2. The molecule has 8 heteroatoms. The number of Topliss-reactive ketones (excluding diaryl/α,β-unsaturated/α-hetero) is 1. The van der Waals surface area contributed by atoms with E-state index in [-0.39, 0.29) is 10.5 Å². The Morgan fingerprint density at radius 1 is 1.07 bits per heavy atom. The summed E-state index contributed by atoms with van der Waals surface area (Å²) in [4.78, 5) is 24.0. The number of halogens is 1. The van der Waals surface area contributed by atoms with Crippen molar-refractivity contribution >= 4 is 27.9 Å². The van der Waals surface area contributed by atoms with Crippen molar-refractivity contribution in [1.29, 1.82) is 0 Å². The monoisotopic (exact) mass is 417 g/mol. The number of sulfonamides is 1. The summed E-state index contributed by atoms with van der Waals surface area (Å²) in [6.07, 6.45) is 4.17. The molecule has 1 aliphatic rings. The number of ether oxygens (including phenoxy) is 1. The third-order valence-corrected chi connectivity index (χ3v) is 6.40. The molecular formula is C21H20FNO5S. The van der Waals surface area contributed by atoms with Crippen molar-refractivity contribution in [3.63, 3.8) is 0 Å². The fraction of sp³-hybridized carbons (Fsp3) is 0.238. The number of esters is 1. The lowest BCUT2D eigenvalue weighted by atomic mass is 10.1. The largest absolute Gasteiger partial charge is 0.454 e. The van der Waals surface area contributed by atoms with E-state index in [9.17, 15) is 22.4 Å². The highest BCUT2D eigenvalue weighted by Crippen LogP contribution is 2.21. The molecule has 3 rings (SSSR count). The molecule has 2 aromatic rings. The van der Waals surface area contributed by atoms with Crippen molar-refractivity contribution in [3.05, 3.63) is 71.6 Å². The van der Waals surface area contributed by atoms with E-state index < -0.39 is 34.2 Å². The molecule has 1 aliphatic heterocycles. The van der Waals surface area contributed by atoms with Gasteiger partial charge in [-0.1, -0.05) is 12.1 Å². The van der Waals surface area contributed by atoms with Gasteiger partial charge < -0.3 is 4.74 Å². The van der Waals surface area contributed by atoms with Gasteiger partial charge in [-0.15, -0.1) is 0 Å². The van der Waals surface area contributed by atoms with Gasteiger partial charge >= 0.3 is 5.97 Å². The lowest BCUT2D eigenvalue weighted by Gasteiger charge is -2.15. The second-order valence-corrected chi connectivity index (χ2v) is 8.49. The fourth-order valence-corrected chi connectivity index (χ4v) is 4.45. The van der Waals surface area contributed by atoms with Crippen LogP contribution in [0.1, 0.15) is 28.8 Å². The van der Waals surface area contributed by atoms with Crippen molar-refractivity contribution in [2.45, 2.75) is 17.7 Å². The van der Waals surface area contributed by atoms with Crippen molar-refractivity contribution in [2.24, 2.45) is 0 Å². The van der Waals surface area contributed by atoms with Gasteiger partial charge in [0.2, 0.25) is 10.0 Å². The summed E-state index contributed by atoms with van der Waals surface area (Å²) in [5.74, 6) is -1.62. The third kappa shape index (κ3) is 5.36. The van der Waals surface area contributed by atoms with Gasteiger partial charge in [0, 0.05) is 24.7 Å². The van der Waals surface area contributed by atoms with Crippen LogP contribution in [0.25, 0.3) is 6.08 Å². The first-order valence-corrected chi connectivity index (χ1v) is 10.5. The van der Waals surface area contributed by atoms with Crippen LogP contribution in [0.15, 0.2) is 59.5 Å². The average Bonchev–Trinajstić information content (AvgIpc) is 3.26. The van der Waals surface area contributed by atoms with Gasteiger partial charge in [0.15, 0.2) is 12.4 Å². The number of nitrogens with zero attached hydrogens (tertiary/aromatic N) is 1. The fourth-order valence-electron chi connectivity index (χ4n) is 2.93. The molecule has 1 fully saturated rings. The SMILES string of the molecule is O=C(/C=C/c1cccc(F)c1)OCC(=O)c1ccc(S(=O)(=O)N2CCCC2)cc1. The van der Waals surface area contributed by atoms with E-state index in [4.69, 9.17) is 4.74 Å². The van der Waals surface area contributed by atoms with E-state index in [1.54, 1.807) is 6.07 Å². The van der Waals surface area contributed by atoms with Gasteiger partial charge in [-0.05, 0) is 60.9 Å². The minimum Gasteiger partial charge on any atom is -0.454 e. The van der Waals surface area contributed by atoms with Gasteiger partial charge in [0.1, 0.15) is 5.82 Å².